The van der Waals surface area contributed by atoms with Crippen LogP contribution in [0.2, 0.25) is 5.02 Å². The summed E-state index contributed by atoms with van der Waals surface area (Å²) in [5, 5.41) is 3.65. The number of anilines is 2. The van der Waals surface area contributed by atoms with Crippen LogP contribution in [0.3, 0.4) is 0 Å². The number of aromatic nitrogens is 1. The molecule has 130 valence electrons. The fourth-order valence-corrected chi connectivity index (χ4v) is 3.59. The maximum absolute atomic E-state index is 12.5. The summed E-state index contributed by atoms with van der Waals surface area (Å²) in [5.41, 5.74) is 3.00. The second kappa shape index (κ2) is 7.02. The molecule has 2 atom stereocenters. The van der Waals surface area contributed by atoms with Crippen LogP contribution in [0, 0.1) is 5.92 Å². The topological polar surface area (TPSA) is 54.5 Å². The Morgan fingerprint density at radius 1 is 1.20 bits per heavy atom. The number of rotatable bonds is 4. The van der Waals surface area contributed by atoms with Gasteiger partial charge in [-0.2, -0.15) is 0 Å². The predicted octanol–water partition coefficient (Wildman–Crippen LogP) is 3.31. The van der Waals surface area contributed by atoms with Gasteiger partial charge in [-0.3, -0.25) is 9.78 Å². The predicted molar refractivity (Wildman–Crippen MR) is 98.2 cm³/mol. The molecule has 1 aliphatic carbocycles. The van der Waals surface area contributed by atoms with Crippen LogP contribution in [0.4, 0.5) is 11.4 Å². The quantitative estimate of drug-likeness (QED) is 0.912. The molecule has 0 unspecified atom stereocenters. The minimum atomic E-state index is -0.0150. The van der Waals surface area contributed by atoms with Gasteiger partial charge in [0.1, 0.15) is 0 Å². The second-order valence-corrected chi connectivity index (χ2v) is 6.89. The lowest BCUT2D eigenvalue weighted by atomic mass is 10.1. The van der Waals surface area contributed by atoms with Crippen molar-refractivity contribution in [3.8, 4) is 0 Å². The normalized spacial score (nSPS) is 22.5. The van der Waals surface area contributed by atoms with Crippen molar-refractivity contribution in [1.82, 2.24) is 4.98 Å². The molecule has 1 saturated carbocycles. The van der Waals surface area contributed by atoms with Gasteiger partial charge in [-0.15, -0.1) is 0 Å². The van der Waals surface area contributed by atoms with Gasteiger partial charge in [0.15, 0.2) is 0 Å². The van der Waals surface area contributed by atoms with Gasteiger partial charge >= 0.3 is 0 Å². The Morgan fingerprint density at radius 2 is 1.96 bits per heavy atom. The Labute approximate surface area is 152 Å². The Morgan fingerprint density at radius 3 is 2.68 bits per heavy atom. The van der Waals surface area contributed by atoms with E-state index in [4.69, 9.17) is 16.3 Å². The standard InChI is InChI=1S/C19H20ClN3O2/c20-18-12-21-6-5-15(18)16-11-17(16)19(24)22-13-1-3-14(4-2-13)23-7-9-25-10-8-23/h1-6,12,16-17H,7-11H2,(H,22,24)/t16-,17+/m0/s1. The summed E-state index contributed by atoms with van der Waals surface area (Å²) < 4.78 is 5.37. The molecule has 25 heavy (non-hydrogen) atoms. The summed E-state index contributed by atoms with van der Waals surface area (Å²) >= 11 is 6.17. The molecule has 5 nitrogen and oxygen atoms in total. The molecule has 1 N–H and O–H groups in total. The van der Waals surface area contributed by atoms with Gasteiger partial charge in [0, 0.05) is 42.8 Å². The van der Waals surface area contributed by atoms with E-state index >= 15 is 0 Å². The summed E-state index contributed by atoms with van der Waals surface area (Å²) in [6.45, 7) is 3.34. The lowest BCUT2D eigenvalue weighted by Gasteiger charge is -2.28. The third kappa shape index (κ3) is 3.62. The largest absolute Gasteiger partial charge is 0.378 e. The van der Waals surface area contributed by atoms with Gasteiger partial charge in [0.2, 0.25) is 5.91 Å². The molecule has 2 aromatic rings. The van der Waals surface area contributed by atoms with E-state index in [0.717, 1.165) is 49.7 Å². The third-order valence-electron chi connectivity index (χ3n) is 4.84. The molecule has 2 aliphatic rings. The zero-order chi connectivity index (χ0) is 17.2. The first-order valence-corrected chi connectivity index (χ1v) is 8.93. The number of carbonyl (C=O) groups is 1. The van der Waals surface area contributed by atoms with Crippen LogP contribution < -0.4 is 10.2 Å². The summed E-state index contributed by atoms with van der Waals surface area (Å²) in [4.78, 5) is 18.7. The van der Waals surface area contributed by atoms with Gasteiger partial charge in [0.05, 0.1) is 18.2 Å². The first kappa shape index (κ1) is 16.4. The van der Waals surface area contributed by atoms with E-state index in [1.165, 1.54) is 0 Å². The fraction of sp³-hybridized carbons (Fsp3) is 0.368. The van der Waals surface area contributed by atoms with E-state index in [2.05, 4.69) is 15.2 Å². The number of benzene rings is 1. The van der Waals surface area contributed by atoms with Gasteiger partial charge < -0.3 is 15.0 Å². The molecule has 2 heterocycles. The first-order valence-electron chi connectivity index (χ1n) is 8.55. The maximum Gasteiger partial charge on any atom is 0.228 e. The molecule has 4 rings (SSSR count). The van der Waals surface area contributed by atoms with Crippen LogP contribution in [-0.4, -0.2) is 37.2 Å². The highest BCUT2D eigenvalue weighted by Crippen LogP contribution is 2.49. The summed E-state index contributed by atoms with van der Waals surface area (Å²) in [6.07, 6.45) is 4.19. The Kier molecular flexibility index (Phi) is 4.59. The van der Waals surface area contributed by atoms with Crippen molar-refractivity contribution in [2.45, 2.75) is 12.3 Å². The van der Waals surface area contributed by atoms with Crippen LogP contribution in [0.15, 0.2) is 42.7 Å². The highest BCUT2D eigenvalue weighted by Gasteiger charge is 2.44. The van der Waals surface area contributed by atoms with Crippen molar-refractivity contribution in [1.29, 1.82) is 0 Å². The molecule has 0 spiro atoms. The third-order valence-corrected chi connectivity index (χ3v) is 5.16. The molecule has 1 saturated heterocycles. The van der Waals surface area contributed by atoms with Crippen LogP contribution in [0.25, 0.3) is 0 Å². The van der Waals surface area contributed by atoms with Crippen LogP contribution >= 0.6 is 11.6 Å². The Balaban J connectivity index is 1.36. The minimum Gasteiger partial charge on any atom is -0.378 e. The summed E-state index contributed by atoms with van der Waals surface area (Å²) in [5.74, 6) is 0.235. The number of nitrogens with zero attached hydrogens (tertiary/aromatic N) is 2. The van der Waals surface area contributed by atoms with E-state index in [-0.39, 0.29) is 17.7 Å². The van der Waals surface area contributed by atoms with Gasteiger partial charge in [-0.25, -0.2) is 0 Å². The Hall–Kier alpha value is -2.11. The molecule has 1 aromatic carbocycles. The minimum absolute atomic E-state index is 0.0150. The average Bonchev–Trinajstić information content (AvgIpc) is 3.44. The zero-order valence-corrected chi connectivity index (χ0v) is 14.6. The van der Waals surface area contributed by atoms with E-state index in [0.29, 0.717) is 5.02 Å². The van der Waals surface area contributed by atoms with E-state index in [1.54, 1.807) is 12.4 Å². The first-order chi connectivity index (χ1) is 12.2. The number of hydrogen-bond donors (Lipinski definition) is 1. The van der Waals surface area contributed by atoms with E-state index < -0.39 is 0 Å². The molecule has 1 aromatic heterocycles. The number of ether oxygens (including phenoxy) is 1. The van der Waals surface area contributed by atoms with Crippen molar-refractivity contribution in [2.75, 3.05) is 36.5 Å². The molecule has 1 amide bonds. The highest BCUT2D eigenvalue weighted by atomic mass is 35.5. The average molecular weight is 358 g/mol. The van der Waals surface area contributed by atoms with Crippen molar-refractivity contribution < 1.29 is 9.53 Å². The number of nitrogens with one attached hydrogen (secondary N) is 1. The van der Waals surface area contributed by atoms with Gasteiger partial charge in [-0.05, 0) is 48.2 Å². The lowest BCUT2D eigenvalue weighted by molar-refractivity contribution is -0.117. The smallest absolute Gasteiger partial charge is 0.228 e. The fourth-order valence-electron chi connectivity index (χ4n) is 3.33. The summed E-state index contributed by atoms with van der Waals surface area (Å²) in [7, 11) is 0. The number of hydrogen-bond acceptors (Lipinski definition) is 4. The van der Waals surface area contributed by atoms with Crippen molar-refractivity contribution in [3.63, 3.8) is 0 Å². The molecular weight excluding hydrogens is 338 g/mol. The van der Waals surface area contributed by atoms with Crippen LogP contribution in [-0.2, 0) is 9.53 Å². The highest BCUT2D eigenvalue weighted by molar-refractivity contribution is 6.31. The zero-order valence-electron chi connectivity index (χ0n) is 13.8. The number of halogens is 1. The van der Waals surface area contributed by atoms with Crippen molar-refractivity contribution in [2.24, 2.45) is 5.92 Å². The molecule has 6 heteroatoms. The van der Waals surface area contributed by atoms with E-state index in [1.807, 2.05) is 30.3 Å². The molecule has 0 bridgehead atoms. The van der Waals surface area contributed by atoms with Gasteiger partial charge in [0.25, 0.3) is 0 Å². The van der Waals surface area contributed by atoms with E-state index in [9.17, 15) is 4.79 Å². The SMILES string of the molecule is O=C(Nc1ccc(N2CCOCC2)cc1)[C@@H]1C[C@H]1c1ccncc1Cl. The molecule has 2 fully saturated rings. The molecule has 1 aliphatic heterocycles. The Bertz CT molecular complexity index is 760. The van der Waals surface area contributed by atoms with Crippen molar-refractivity contribution in [3.05, 3.63) is 53.3 Å². The summed E-state index contributed by atoms with van der Waals surface area (Å²) in [6, 6.07) is 9.91. The molecular formula is C19H20ClN3O2. The molecule has 0 radical (unpaired) electrons. The maximum atomic E-state index is 12.5. The van der Waals surface area contributed by atoms with Gasteiger partial charge in [-0.1, -0.05) is 11.6 Å². The van der Waals surface area contributed by atoms with Crippen LogP contribution in [0.1, 0.15) is 17.9 Å². The lowest BCUT2D eigenvalue weighted by Crippen LogP contribution is -2.36. The number of carbonyl (C=O) groups excluding carboxylic acids is 1. The van der Waals surface area contributed by atoms with Crippen molar-refractivity contribution >= 4 is 28.9 Å². The number of pyridine rings is 1. The monoisotopic (exact) mass is 357 g/mol. The second-order valence-electron chi connectivity index (χ2n) is 6.48. The number of amides is 1. The number of morpholine rings is 1. The van der Waals surface area contributed by atoms with Crippen LogP contribution in [0.5, 0.6) is 0 Å².